The smallest absolute Gasteiger partial charge is 0.272 e. The zero-order valence-corrected chi connectivity index (χ0v) is 13.5. The Bertz CT molecular complexity index is 943. The molecule has 2 heterocycles. The molecule has 3 rings (SSSR count). The predicted octanol–water partition coefficient (Wildman–Crippen LogP) is 2.88. The lowest BCUT2D eigenvalue weighted by Crippen LogP contribution is -2.12. The molecule has 0 saturated carbocycles. The zero-order chi connectivity index (χ0) is 16.7. The SMILES string of the molecule is Cc1cc(NC(=O)c2sc3nnc(C)n3c2C)ccc1[N+](=O)[O-]. The van der Waals surface area contributed by atoms with Crippen LogP contribution in [-0.2, 0) is 0 Å². The van der Waals surface area contributed by atoms with Gasteiger partial charge >= 0.3 is 0 Å². The molecule has 0 aliphatic carbocycles. The van der Waals surface area contributed by atoms with Crippen LogP contribution in [0.2, 0.25) is 0 Å². The van der Waals surface area contributed by atoms with Crippen LogP contribution >= 0.6 is 11.3 Å². The monoisotopic (exact) mass is 331 g/mol. The molecule has 118 valence electrons. The lowest BCUT2D eigenvalue weighted by atomic mass is 10.2. The fraction of sp³-hybridized carbons (Fsp3) is 0.214. The van der Waals surface area contributed by atoms with Gasteiger partial charge in [0.05, 0.1) is 4.92 Å². The Hall–Kier alpha value is -2.81. The number of aryl methyl sites for hydroxylation is 3. The molecule has 0 spiro atoms. The van der Waals surface area contributed by atoms with Crippen molar-refractivity contribution in [2.24, 2.45) is 0 Å². The summed E-state index contributed by atoms with van der Waals surface area (Å²) in [6.45, 7) is 5.28. The molecule has 8 nitrogen and oxygen atoms in total. The summed E-state index contributed by atoms with van der Waals surface area (Å²) in [5, 5.41) is 21.6. The Morgan fingerprint density at radius 2 is 2.04 bits per heavy atom. The Morgan fingerprint density at radius 3 is 2.65 bits per heavy atom. The molecule has 0 radical (unpaired) electrons. The van der Waals surface area contributed by atoms with Gasteiger partial charge in [-0.1, -0.05) is 11.3 Å². The van der Waals surface area contributed by atoms with Gasteiger partial charge in [0.25, 0.3) is 11.6 Å². The number of nitro groups is 1. The second kappa shape index (κ2) is 5.43. The van der Waals surface area contributed by atoms with Crippen molar-refractivity contribution in [3.05, 3.63) is 50.3 Å². The van der Waals surface area contributed by atoms with Gasteiger partial charge in [-0.2, -0.15) is 0 Å². The molecular weight excluding hydrogens is 318 g/mol. The van der Waals surface area contributed by atoms with E-state index in [1.807, 2.05) is 18.2 Å². The highest BCUT2D eigenvalue weighted by molar-refractivity contribution is 7.19. The van der Waals surface area contributed by atoms with Gasteiger partial charge in [-0.25, -0.2) is 0 Å². The van der Waals surface area contributed by atoms with Gasteiger partial charge in [0.2, 0.25) is 4.96 Å². The molecular formula is C14H13N5O3S. The van der Waals surface area contributed by atoms with Gasteiger partial charge < -0.3 is 5.32 Å². The van der Waals surface area contributed by atoms with Crippen molar-refractivity contribution in [2.45, 2.75) is 20.8 Å². The minimum absolute atomic E-state index is 0.0236. The Kier molecular flexibility index (Phi) is 3.57. The number of nitrogens with zero attached hydrogens (tertiary/aromatic N) is 4. The van der Waals surface area contributed by atoms with Crippen molar-refractivity contribution < 1.29 is 9.72 Å². The predicted molar refractivity (Wildman–Crippen MR) is 86.1 cm³/mol. The summed E-state index contributed by atoms with van der Waals surface area (Å²) in [7, 11) is 0. The number of anilines is 1. The standard InChI is InChI=1S/C14H13N5O3S/c1-7-6-10(4-5-11(7)19(21)22)15-13(20)12-8(2)18-9(3)16-17-14(18)23-12/h4-6H,1-3H3,(H,15,20). The number of aromatic nitrogens is 3. The minimum Gasteiger partial charge on any atom is -0.321 e. The van der Waals surface area contributed by atoms with E-state index in [0.717, 1.165) is 11.5 Å². The topological polar surface area (TPSA) is 102 Å². The maximum atomic E-state index is 12.4. The number of thiazole rings is 1. The van der Waals surface area contributed by atoms with E-state index < -0.39 is 4.92 Å². The second-order valence-corrected chi connectivity index (χ2v) is 6.07. The molecule has 3 aromatic rings. The average Bonchev–Trinajstić information content (AvgIpc) is 3.00. The highest BCUT2D eigenvalue weighted by Gasteiger charge is 2.19. The first kappa shape index (κ1) is 15.1. The lowest BCUT2D eigenvalue weighted by Gasteiger charge is -2.06. The quantitative estimate of drug-likeness (QED) is 0.587. The Labute approximate surface area is 134 Å². The first-order valence-electron chi connectivity index (χ1n) is 6.76. The van der Waals surface area contributed by atoms with E-state index in [4.69, 9.17) is 0 Å². The molecule has 0 atom stereocenters. The maximum absolute atomic E-state index is 12.4. The molecule has 9 heteroatoms. The Morgan fingerprint density at radius 1 is 1.30 bits per heavy atom. The number of nitro benzene ring substituents is 1. The van der Waals surface area contributed by atoms with Gasteiger partial charge in [0.1, 0.15) is 10.7 Å². The van der Waals surface area contributed by atoms with Crippen LogP contribution in [0.3, 0.4) is 0 Å². The molecule has 2 aromatic heterocycles. The number of carbonyl (C=O) groups is 1. The molecule has 0 bridgehead atoms. The summed E-state index contributed by atoms with van der Waals surface area (Å²) in [6.07, 6.45) is 0. The van der Waals surface area contributed by atoms with Crippen LogP contribution in [-0.4, -0.2) is 25.4 Å². The van der Waals surface area contributed by atoms with Gasteiger partial charge in [-0.05, 0) is 32.9 Å². The van der Waals surface area contributed by atoms with E-state index in [9.17, 15) is 14.9 Å². The Balaban J connectivity index is 1.90. The molecule has 0 aliphatic heterocycles. The zero-order valence-electron chi connectivity index (χ0n) is 12.7. The van der Waals surface area contributed by atoms with Crippen LogP contribution in [0.1, 0.15) is 26.8 Å². The number of amides is 1. The fourth-order valence-corrected chi connectivity index (χ4v) is 3.41. The molecule has 0 aliphatic rings. The molecule has 1 N–H and O–H groups in total. The third-order valence-corrected chi connectivity index (χ3v) is 4.64. The summed E-state index contributed by atoms with van der Waals surface area (Å²) >= 11 is 1.25. The van der Waals surface area contributed by atoms with Crippen LogP contribution in [0.15, 0.2) is 18.2 Å². The number of rotatable bonds is 3. The van der Waals surface area contributed by atoms with Crippen molar-refractivity contribution >= 4 is 33.6 Å². The molecule has 1 aromatic carbocycles. The first-order valence-corrected chi connectivity index (χ1v) is 7.57. The van der Waals surface area contributed by atoms with Crippen molar-refractivity contribution in [3.63, 3.8) is 0 Å². The van der Waals surface area contributed by atoms with E-state index in [-0.39, 0.29) is 11.6 Å². The van der Waals surface area contributed by atoms with Gasteiger partial charge in [0, 0.05) is 23.0 Å². The molecule has 0 saturated heterocycles. The number of hydrogen-bond donors (Lipinski definition) is 1. The minimum atomic E-state index is -0.449. The number of fused-ring (bicyclic) bond motifs is 1. The maximum Gasteiger partial charge on any atom is 0.272 e. The normalized spacial score (nSPS) is 10.9. The molecule has 0 unspecified atom stereocenters. The lowest BCUT2D eigenvalue weighted by molar-refractivity contribution is -0.385. The third-order valence-electron chi connectivity index (χ3n) is 3.51. The molecule has 0 fully saturated rings. The van der Waals surface area contributed by atoms with Crippen molar-refractivity contribution in [1.82, 2.24) is 14.6 Å². The fourth-order valence-electron chi connectivity index (χ4n) is 2.40. The van der Waals surface area contributed by atoms with Crippen molar-refractivity contribution in [2.75, 3.05) is 5.32 Å². The largest absolute Gasteiger partial charge is 0.321 e. The highest BCUT2D eigenvalue weighted by Crippen LogP contribution is 2.25. The molecule has 23 heavy (non-hydrogen) atoms. The van der Waals surface area contributed by atoms with E-state index in [1.54, 1.807) is 13.0 Å². The van der Waals surface area contributed by atoms with Gasteiger partial charge in [-0.15, -0.1) is 10.2 Å². The average molecular weight is 331 g/mol. The first-order chi connectivity index (χ1) is 10.9. The van der Waals surface area contributed by atoms with Crippen LogP contribution in [0.25, 0.3) is 4.96 Å². The van der Waals surface area contributed by atoms with Crippen LogP contribution in [0, 0.1) is 30.9 Å². The number of benzene rings is 1. The van der Waals surface area contributed by atoms with E-state index in [2.05, 4.69) is 15.5 Å². The summed E-state index contributed by atoms with van der Waals surface area (Å²) < 4.78 is 1.82. The van der Waals surface area contributed by atoms with Crippen LogP contribution in [0.4, 0.5) is 11.4 Å². The van der Waals surface area contributed by atoms with Crippen molar-refractivity contribution in [3.8, 4) is 0 Å². The molecule has 1 amide bonds. The van der Waals surface area contributed by atoms with Crippen LogP contribution in [0.5, 0.6) is 0 Å². The van der Waals surface area contributed by atoms with Crippen LogP contribution < -0.4 is 5.32 Å². The number of carbonyl (C=O) groups excluding carboxylic acids is 1. The summed E-state index contributed by atoms with van der Waals surface area (Å²) in [4.78, 5) is 24.0. The second-order valence-electron chi connectivity index (χ2n) is 5.09. The van der Waals surface area contributed by atoms with Gasteiger partial charge in [-0.3, -0.25) is 19.3 Å². The van der Waals surface area contributed by atoms with E-state index in [0.29, 0.717) is 21.1 Å². The summed E-state index contributed by atoms with van der Waals surface area (Å²) in [6, 6.07) is 4.48. The van der Waals surface area contributed by atoms with Crippen molar-refractivity contribution in [1.29, 1.82) is 0 Å². The summed E-state index contributed by atoms with van der Waals surface area (Å²) in [5.74, 6) is 0.449. The third kappa shape index (κ3) is 2.55. The number of hydrogen-bond acceptors (Lipinski definition) is 6. The highest BCUT2D eigenvalue weighted by atomic mass is 32.1. The number of nitrogens with one attached hydrogen (secondary N) is 1. The van der Waals surface area contributed by atoms with Gasteiger partial charge in [0.15, 0.2) is 0 Å². The summed E-state index contributed by atoms with van der Waals surface area (Å²) in [5.41, 5.74) is 1.79. The van der Waals surface area contributed by atoms with E-state index in [1.165, 1.54) is 23.5 Å². The van der Waals surface area contributed by atoms with E-state index >= 15 is 0 Å².